The molecule has 0 fully saturated rings. The fourth-order valence-corrected chi connectivity index (χ4v) is 3.97. The number of carbonyl (C=O) groups excluding carboxylic acids is 2. The van der Waals surface area contributed by atoms with Crippen molar-refractivity contribution in [3.63, 3.8) is 0 Å². The topological polar surface area (TPSA) is 103 Å². The highest BCUT2D eigenvalue weighted by Crippen LogP contribution is 2.26. The largest absolute Gasteiger partial charge is 0.370 e. The highest BCUT2D eigenvalue weighted by atomic mass is 32.2. The summed E-state index contributed by atoms with van der Waals surface area (Å²) >= 11 is 1.36. The highest BCUT2D eigenvalue weighted by Gasteiger charge is 2.21. The summed E-state index contributed by atoms with van der Waals surface area (Å²) in [5.41, 5.74) is 6.03. The van der Waals surface area contributed by atoms with E-state index in [4.69, 9.17) is 5.73 Å². The second-order valence-corrected chi connectivity index (χ2v) is 8.99. The fraction of sp³-hybridized carbons (Fsp3) is 0.364. The van der Waals surface area contributed by atoms with Gasteiger partial charge in [-0.3, -0.25) is 9.59 Å². The molecule has 1 unspecified atom stereocenters. The predicted molar refractivity (Wildman–Crippen MR) is 120 cm³/mol. The van der Waals surface area contributed by atoms with Crippen LogP contribution in [0.15, 0.2) is 47.6 Å². The van der Waals surface area contributed by atoms with Gasteiger partial charge in [0, 0.05) is 25.1 Å². The number of nitrogens with one attached hydrogen (secondary N) is 1. The maximum Gasteiger partial charge on any atom is 0.237 e. The van der Waals surface area contributed by atoms with Crippen molar-refractivity contribution in [2.75, 3.05) is 5.32 Å². The zero-order chi connectivity index (χ0) is 21.7. The number of amides is 2. The molecule has 2 amide bonds. The molecule has 1 heterocycles. The Labute approximate surface area is 180 Å². The molecule has 3 aromatic rings. The van der Waals surface area contributed by atoms with Crippen molar-refractivity contribution < 1.29 is 9.59 Å². The molecule has 3 N–H and O–H groups in total. The number of anilines is 1. The summed E-state index contributed by atoms with van der Waals surface area (Å²) in [5.74, 6) is 0.612. The van der Waals surface area contributed by atoms with E-state index in [1.54, 1.807) is 0 Å². The summed E-state index contributed by atoms with van der Waals surface area (Å²) in [4.78, 5) is 23.9. The average molecular weight is 426 g/mol. The molecular weight excluding hydrogens is 398 g/mol. The zero-order valence-corrected chi connectivity index (χ0v) is 18.3. The normalized spacial score (nSPS) is 12.3. The van der Waals surface area contributed by atoms with Crippen LogP contribution in [-0.2, 0) is 22.6 Å². The Kier molecular flexibility index (Phi) is 7.10. The van der Waals surface area contributed by atoms with Crippen molar-refractivity contribution in [3.05, 3.63) is 48.3 Å². The van der Waals surface area contributed by atoms with E-state index in [0.717, 1.165) is 16.5 Å². The highest BCUT2D eigenvalue weighted by molar-refractivity contribution is 8.00. The number of benzene rings is 2. The van der Waals surface area contributed by atoms with Crippen LogP contribution in [0.3, 0.4) is 0 Å². The molecule has 0 spiro atoms. The monoisotopic (exact) mass is 425 g/mol. The summed E-state index contributed by atoms with van der Waals surface area (Å²) in [5, 5.41) is 14.0. The van der Waals surface area contributed by atoms with Gasteiger partial charge in [0.2, 0.25) is 11.8 Å². The molecule has 0 aliphatic rings. The number of hydrogen-bond acceptors (Lipinski definition) is 5. The van der Waals surface area contributed by atoms with E-state index in [1.807, 2.05) is 54.0 Å². The van der Waals surface area contributed by atoms with Crippen LogP contribution in [0.1, 0.15) is 33.0 Å². The van der Waals surface area contributed by atoms with Gasteiger partial charge in [0.1, 0.15) is 5.82 Å². The minimum atomic E-state index is -0.369. The average Bonchev–Trinajstić information content (AvgIpc) is 3.06. The summed E-state index contributed by atoms with van der Waals surface area (Å²) in [7, 11) is 0. The number of hydrogen-bond donors (Lipinski definition) is 2. The lowest BCUT2D eigenvalue weighted by Crippen LogP contribution is -2.23. The molecule has 0 saturated carbocycles. The van der Waals surface area contributed by atoms with Gasteiger partial charge >= 0.3 is 0 Å². The van der Waals surface area contributed by atoms with Gasteiger partial charge in [0.05, 0.1) is 5.25 Å². The summed E-state index contributed by atoms with van der Waals surface area (Å²) in [6.07, 6.45) is 0.659. The lowest BCUT2D eigenvalue weighted by Gasteiger charge is -2.15. The molecule has 3 rings (SSSR count). The van der Waals surface area contributed by atoms with E-state index in [0.29, 0.717) is 29.9 Å². The van der Waals surface area contributed by atoms with Gasteiger partial charge in [0.15, 0.2) is 5.16 Å². The lowest BCUT2D eigenvalue weighted by atomic mass is 10.1. The molecular formula is C22H27N5O2S. The van der Waals surface area contributed by atoms with Crippen molar-refractivity contribution in [2.24, 2.45) is 11.7 Å². The van der Waals surface area contributed by atoms with E-state index >= 15 is 0 Å². The lowest BCUT2D eigenvalue weighted by molar-refractivity contribution is -0.118. The van der Waals surface area contributed by atoms with E-state index in [1.165, 1.54) is 11.8 Å². The molecule has 1 aromatic heterocycles. The number of aryl methyl sites for hydroxylation is 1. The Bertz CT molecular complexity index is 1050. The zero-order valence-electron chi connectivity index (χ0n) is 17.5. The molecule has 8 heteroatoms. The van der Waals surface area contributed by atoms with Crippen LogP contribution in [0, 0.1) is 5.92 Å². The van der Waals surface area contributed by atoms with Gasteiger partial charge < -0.3 is 15.6 Å². The summed E-state index contributed by atoms with van der Waals surface area (Å²) in [6.45, 7) is 6.76. The molecule has 0 bridgehead atoms. The third kappa shape index (κ3) is 5.60. The first-order valence-electron chi connectivity index (χ1n) is 10.00. The van der Waals surface area contributed by atoms with Crippen molar-refractivity contribution in [3.8, 4) is 0 Å². The van der Waals surface area contributed by atoms with Crippen LogP contribution in [0.25, 0.3) is 10.8 Å². The summed E-state index contributed by atoms with van der Waals surface area (Å²) in [6, 6.07) is 13.9. The molecule has 2 aromatic carbocycles. The second-order valence-electron chi connectivity index (χ2n) is 7.68. The van der Waals surface area contributed by atoms with Crippen LogP contribution < -0.4 is 11.1 Å². The van der Waals surface area contributed by atoms with Crippen LogP contribution >= 0.6 is 11.8 Å². The van der Waals surface area contributed by atoms with Crippen molar-refractivity contribution in [2.45, 2.75) is 50.6 Å². The number of rotatable bonds is 9. The minimum Gasteiger partial charge on any atom is -0.370 e. The third-order valence-corrected chi connectivity index (χ3v) is 5.69. The molecule has 0 saturated heterocycles. The predicted octanol–water partition coefficient (Wildman–Crippen LogP) is 3.62. The van der Waals surface area contributed by atoms with Gasteiger partial charge in [-0.1, -0.05) is 55.9 Å². The first-order valence-corrected chi connectivity index (χ1v) is 10.9. The van der Waals surface area contributed by atoms with Gasteiger partial charge in [-0.05, 0) is 35.7 Å². The smallest absolute Gasteiger partial charge is 0.237 e. The van der Waals surface area contributed by atoms with Crippen LogP contribution in [0.4, 0.5) is 5.69 Å². The van der Waals surface area contributed by atoms with Gasteiger partial charge in [-0.2, -0.15) is 0 Å². The van der Waals surface area contributed by atoms with Crippen LogP contribution in [-0.4, -0.2) is 31.8 Å². The molecule has 7 nitrogen and oxygen atoms in total. The number of primary amides is 1. The second kappa shape index (κ2) is 9.75. The van der Waals surface area contributed by atoms with E-state index in [2.05, 4.69) is 29.4 Å². The van der Waals surface area contributed by atoms with Gasteiger partial charge in [0.25, 0.3) is 0 Å². The Hall–Kier alpha value is -2.87. The van der Waals surface area contributed by atoms with Crippen molar-refractivity contribution in [1.29, 1.82) is 0 Å². The van der Waals surface area contributed by atoms with Gasteiger partial charge in [-0.25, -0.2) is 0 Å². The van der Waals surface area contributed by atoms with E-state index in [9.17, 15) is 9.59 Å². The maximum absolute atomic E-state index is 12.8. The van der Waals surface area contributed by atoms with Crippen molar-refractivity contribution in [1.82, 2.24) is 14.8 Å². The summed E-state index contributed by atoms with van der Waals surface area (Å²) < 4.78 is 1.98. The molecule has 1 atom stereocenters. The fourth-order valence-electron chi connectivity index (χ4n) is 3.10. The number of nitrogens with zero attached hydrogens (tertiary/aromatic N) is 3. The first-order chi connectivity index (χ1) is 14.3. The van der Waals surface area contributed by atoms with E-state index in [-0.39, 0.29) is 23.5 Å². The first kappa shape index (κ1) is 21.8. The quantitative estimate of drug-likeness (QED) is 0.510. The van der Waals surface area contributed by atoms with Crippen LogP contribution in [0.2, 0.25) is 0 Å². The SMILES string of the molecule is CC(C)Cn1c(CCC(N)=O)nnc1SC(C)C(=O)Nc1ccc2ccccc2c1. The van der Waals surface area contributed by atoms with Crippen LogP contribution in [0.5, 0.6) is 0 Å². The number of nitrogens with two attached hydrogens (primary N) is 1. The third-order valence-electron chi connectivity index (χ3n) is 4.60. The molecule has 0 aliphatic carbocycles. The number of aromatic nitrogens is 3. The van der Waals surface area contributed by atoms with E-state index < -0.39 is 0 Å². The Morgan fingerprint density at radius 1 is 1.10 bits per heavy atom. The standard InChI is InChI=1S/C22H27N5O2S/c1-14(2)13-27-20(11-10-19(23)28)25-26-22(27)30-15(3)21(29)24-18-9-8-16-6-4-5-7-17(16)12-18/h4-9,12,14-15H,10-11,13H2,1-3H3,(H2,23,28)(H,24,29). The molecule has 30 heavy (non-hydrogen) atoms. The molecule has 0 radical (unpaired) electrons. The number of fused-ring (bicyclic) bond motifs is 1. The minimum absolute atomic E-state index is 0.104. The molecule has 0 aliphatic heterocycles. The van der Waals surface area contributed by atoms with Gasteiger partial charge in [-0.15, -0.1) is 10.2 Å². The Morgan fingerprint density at radius 2 is 1.83 bits per heavy atom. The number of carbonyl (C=O) groups is 2. The van der Waals surface area contributed by atoms with Crippen molar-refractivity contribution >= 4 is 40.0 Å². The Morgan fingerprint density at radius 3 is 2.53 bits per heavy atom. The Balaban J connectivity index is 1.71. The molecule has 158 valence electrons. The number of thioether (sulfide) groups is 1. The maximum atomic E-state index is 12.8.